The normalized spacial score (nSPS) is 13.2. The highest BCUT2D eigenvalue weighted by Crippen LogP contribution is 2.39. The van der Waals surface area contributed by atoms with Crippen molar-refractivity contribution in [3.63, 3.8) is 0 Å². The first kappa shape index (κ1) is 24.1. The van der Waals surface area contributed by atoms with Gasteiger partial charge in [-0.15, -0.1) is 0 Å². The molecule has 0 fully saturated rings. The highest BCUT2D eigenvalue weighted by Gasteiger charge is 2.15. The van der Waals surface area contributed by atoms with E-state index in [0.717, 1.165) is 21.9 Å². The van der Waals surface area contributed by atoms with Crippen LogP contribution in [0.25, 0.3) is 21.9 Å². The average Bonchev–Trinajstić information content (AvgIpc) is 2.75. The monoisotopic (exact) mass is 455 g/mol. The number of nitrogens with one attached hydrogen (secondary N) is 1. The van der Waals surface area contributed by atoms with Crippen LogP contribution in [0.2, 0.25) is 0 Å². The molecule has 0 saturated heterocycles. The molecule has 1 heterocycles. The standard InChI is InChI=1S/C24H29N2O5P/c1-18(2)31-32(28,29)30-15-9-8-14-25-23(27)16-22-24(19-10-4-3-5-11-19)21-13-7-6-12-20(21)17-26-22/h3-7,10-13,17-18H,8-9,14-16H2,1-2H3,(H,25,27)(H,28,29)/p-1. The zero-order chi connectivity index (χ0) is 23.0. The number of carbonyl (C=O) groups is 1. The van der Waals surface area contributed by atoms with Crippen molar-refractivity contribution in [1.82, 2.24) is 10.3 Å². The van der Waals surface area contributed by atoms with Crippen LogP contribution in [0, 0.1) is 0 Å². The van der Waals surface area contributed by atoms with E-state index < -0.39 is 13.9 Å². The summed E-state index contributed by atoms with van der Waals surface area (Å²) in [6, 6.07) is 17.9. The molecule has 32 heavy (non-hydrogen) atoms. The van der Waals surface area contributed by atoms with Crippen molar-refractivity contribution in [3.05, 3.63) is 66.5 Å². The van der Waals surface area contributed by atoms with Gasteiger partial charge in [0, 0.05) is 23.7 Å². The second kappa shape index (κ2) is 11.3. The summed E-state index contributed by atoms with van der Waals surface area (Å²) in [5.41, 5.74) is 2.69. The number of fused-ring (bicyclic) bond motifs is 1. The molecule has 7 nitrogen and oxygen atoms in total. The Kier molecular flexibility index (Phi) is 8.53. The molecular weight excluding hydrogens is 427 g/mol. The molecular formula is C24H28N2O5P-. The minimum atomic E-state index is -4.26. The van der Waals surface area contributed by atoms with Gasteiger partial charge in [-0.2, -0.15) is 0 Å². The van der Waals surface area contributed by atoms with Gasteiger partial charge in [0.05, 0.1) is 24.8 Å². The molecule has 1 N–H and O–H groups in total. The Hall–Kier alpha value is -2.57. The third kappa shape index (κ3) is 6.97. The van der Waals surface area contributed by atoms with Gasteiger partial charge >= 0.3 is 0 Å². The summed E-state index contributed by atoms with van der Waals surface area (Å²) in [6.45, 7) is 3.69. The molecule has 3 rings (SSSR count). The van der Waals surface area contributed by atoms with Crippen molar-refractivity contribution in [1.29, 1.82) is 0 Å². The number of aromatic nitrogens is 1. The van der Waals surface area contributed by atoms with Gasteiger partial charge in [-0.1, -0.05) is 54.6 Å². The summed E-state index contributed by atoms with van der Waals surface area (Å²) in [6.07, 6.45) is 2.56. The lowest BCUT2D eigenvalue weighted by Crippen LogP contribution is -2.27. The number of phosphoric acid groups is 1. The van der Waals surface area contributed by atoms with Gasteiger partial charge in [-0.25, -0.2) is 0 Å². The summed E-state index contributed by atoms with van der Waals surface area (Å²) in [5, 5.41) is 4.95. The van der Waals surface area contributed by atoms with Crippen LogP contribution in [0.5, 0.6) is 0 Å². The third-order valence-corrected chi connectivity index (χ3v) is 5.93. The summed E-state index contributed by atoms with van der Waals surface area (Å²) in [5.74, 6) is -0.136. The lowest BCUT2D eigenvalue weighted by atomic mass is 9.96. The number of carbonyl (C=O) groups excluding carboxylic acids is 1. The van der Waals surface area contributed by atoms with Crippen molar-refractivity contribution in [2.24, 2.45) is 0 Å². The molecule has 1 amide bonds. The van der Waals surface area contributed by atoms with E-state index in [0.29, 0.717) is 25.1 Å². The highest BCUT2D eigenvalue weighted by molar-refractivity contribution is 7.45. The van der Waals surface area contributed by atoms with E-state index in [4.69, 9.17) is 9.05 Å². The van der Waals surface area contributed by atoms with Crippen LogP contribution in [0.3, 0.4) is 0 Å². The van der Waals surface area contributed by atoms with E-state index >= 15 is 0 Å². The summed E-state index contributed by atoms with van der Waals surface area (Å²) in [7, 11) is -4.26. The first-order chi connectivity index (χ1) is 15.4. The summed E-state index contributed by atoms with van der Waals surface area (Å²) in [4.78, 5) is 28.7. The second-order valence-corrected chi connectivity index (χ2v) is 9.07. The molecule has 3 aromatic rings. The third-order valence-electron chi connectivity index (χ3n) is 4.75. The first-order valence-electron chi connectivity index (χ1n) is 10.7. The predicted octanol–water partition coefficient (Wildman–Crippen LogP) is 4.25. The number of rotatable bonds is 11. The maximum Gasteiger partial charge on any atom is 0.268 e. The maximum atomic E-state index is 12.5. The number of benzene rings is 2. The van der Waals surface area contributed by atoms with E-state index in [1.807, 2.05) is 54.6 Å². The fourth-order valence-corrected chi connectivity index (χ4v) is 4.33. The average molecular weight is 455 g/mol. The minimum Gasteiger partial charge on any atom is -0.756 e. The lowest BCUT2D eigenvalue weighted by molar-refractivity contribution is -0.228. The van der Waals surface area contributed by atoms with Gasteiger partial charge in [-0.05, 0) is 37.6 Å². The largest absolute Gasteiger partial charge is 0.756 e. The lowest BCUT2D eigenvalue weighted by Gasteiger charge is -2.24. The number of hydrogen-bond acceptors (Lipinski definition) is 6. The van der Waals surface area contributed by atoms with E-state index in [1.165, 1.54) is 0 Å². The molecule has 170 valence electrons. The number of hydrogen-bond donors (Lipinski definition) is 1. The van der Waals surface area contributed by atoms with Gasteiger partial charge in [0.15, 0.2) is 0 Å². The van der Waals surface area contributed by atoms with Crippen molar-refractivity contribution in [2.75, 3.05) is 13.2 Å². The van der Waals surface area contributed by atoms with Gasteiger partial charge < -0.3 is 19.3 Å². The molecule has 0 saturated carbocycles. The SMILES string of the molecule is CC(C)OP(=O)([O-])OCCCCNC(=O)Cc1ncc2ccccc2c1-c1ccccc1. The van der Waals surface area contributed by atoms with Crippen molar-refractivity contribution in [3.8, 4) is 11.1 Å². The Balaban J connectivity index is 1.57. The number of nitrogens with zero attached hydrogens (tertiary/aromatic N) is 1. The molecule has 0 aliphatic carbocycles. The fraction of sp³-hybridized carbons (Fsp3) is 0.333. The van der Waals surface area contributed by atoms with Crippen LogP contribution in [-0.4, -0.2) is 30.1 Å². The molecule has 0 bridgehead atoms. The topological polar surface area (TPSA) is 101 Å². The van der Waals surface area contributed by atoms with Crippen LogP contribution in [0.4, 0.5) is 0 Å². The van der Waals surface area contributed by atoms with Crippen LogP contribution in [0.15, 0.2) is 60.8 Å². The molecule has 1 unspecified atom stereocenters. The van der Waals surface area contributed by atoms with Gasteiger partial charge in [0.1, 0.15) is 0 Å². The number of amides is 1. The Morgan fingerprint density at radius 1 is 1.09 bits per heavy atom. The van der Waals surface area contributed by atoms with Crippen LogP contribution in [0.1, 0.15) is 32.4 Å². The molecule has 0 spiro atoms. The number of unbranched alkanes of at least 4 members (excludes halogenated alkanes) is 1. The van der Waals surface area contributed by atoms with Gasteiger partial charge in [0.25, 0.3) is 7.82 Å². The molecule has 1 aromatic heterocycles. The van der Waals surface area contributed by atoms with Gasteiger partial charge in [0.2, 0.25) is 5.91 Å². The van der Waals surface area contributed by atoms with E-state index in [1.54, 1.807) is 20.0 Å². The molecule has 0 aliphatic rings. The zero-order valence-electron chi connectivity index (χ0n) is 18.3. The van der Waals surface area contributed by atoms with E-state index in [-0.39, 0.29) is 18.9 Å². The Labute approximate surface area is 188 Å². The van der Waals surface area contributed by atoms with Crippen LogP contribution < -0.4 is 10.2 Å². The Morgan fingerprint density at radius 2 is 1.81 bits per heavy atom. The summed E-state index contributed by atoms with van der Waals surface area (Å²) >= 11 is 0. The molecule has 2 aromatic carbocycles. The number of pyridine rings is 1. The first-order valence-corrected chi connectivity index (χ1v) is 12.1. The molecule has 0 radical (unpaired) electrons. The number of phosphoric ester groups is 1. The smallest absolute Gasteiger partial charge is 0.268 e. The minimum absolute atomic E-state index is 0.0216. The molecule has 8 heteroatoms. The summed E-state index contributed by atoms with van der Waals surface area (Å²) < 4.78 is 21.1. The zero-order valence-corrected chi connectivity index (χ0v) is 19.2. The molecule has 1 atom stereocenters. The van der Waals surface area contributed by atoms with Crippen LogP contribution in [-0.2, 0) is 24.8 Å². The second-order valence-electron chi connectivity index (χ2n) is 7.70. The fourth-order valence-electron chi connectivity index (χ4n) is 3.40. The molecule has 0 aliphatic heterocycles. The highest BCUT2D eigenvalue weighted by atomic mass is 31.2. The van der Waals surface area contributed by atoms with Crippen molar-refractivity contribution >= 4 is 24.5 Å². The van der Waals surface area contributed by atoms with Crippen LogP contribution >= 0.6 is 7.82 Å². The Morgan fingerprint density at radius 3 is 2.56 bits per heavy atom. The van der Waals surface area contributed by atoms with E-state index in [2.05, 4.69) is 10.3 Å². The van der Waals surface area contributed by atoms with E-state index in [9.17, 15) is 14.3 Å². The maximum absolute atomic E-state index is 12.5. The predicted molar refractivity (Wildman–Crippen MR) is 123 cm³/mol. The van der Waals surface area contributed by atoms with Crippen molar-refractivity contribution < 1.29 is 23.3 Å². The Bertz CT molecular complexity index is 1090. The quantitative estimate of drug-likeness (QED) is 0.343. The van der Waals surface area contributed by atoms with Crippen molar-refractivity contribution in [2.45, 2.75) is 39.2 Å². The van der Waals surface area contributed by atoms with Gasteiger partial charge in [-0.3, -0.25) is 14.3 Å².